The fourth-order valence-electron chi connectivity index (χ4n) is 4.56. The summed E-state index contributed by atoms with van der Waals surface area (Å²) in [6.07, 6.45) is 3.44. The van der Waals surface area contributed by atoms with Gasteiger partial charge in [-0.05, 0) is 69.7 Å². The number of ether oxygens (including phenoxy) is 3. The smallest absolute Gasteiger partial charge is 0.345 e. The molecule has 1 saturated carbocycles. The van der Waals surface area contributed by atoms with Gasteiger partial charge in [-0.1, -0.05) is 0 Å². The molecule has 1 aromatic carbocycles. The van der Waals surface area contributed by atoms with Crippen molar-refractivity contribution >= 4 is 17.3 Å². The molecule has 0 unspecified atom stereocenters. The Morgan fingerprint density at radius 3 is 2.41 bits per heavy atom. The van der Waals surface area contributed by atoms with Crippen LogP contribution in [-0.2, 0) is 9.47 Å². The normalized spacial score (nSPS) is 25.4. The van der Waals surface area contributed by atoms with Crippen LogP contribution in [0.4, 0.5) is 30.5 Å². The second-order valence-corrected chi connectivity index (χ2v) is 9.03. The molecule has 0 bridgehead atoms. The Hall–Kier alpha value is -2.59. The first kappa shape index (κ1) is 24.5. The van der Waals surface area contributed by atoms with Crippen LogP contribution in [0.2, 0.25) is 0 Å². The van der Waals surface area contributed by atoms with Gasteiger partial charge in [-0.15, -0.1) is 0 Å². The first-order chi connectivity index (χ1) is 16.4. The number of anilines is 3. The maximum Gasteiger partial charge on any atom is 0.345 e. The standard InChI is InChI=1S/C24H31F3N4O3/c1-15-12-31(13-16(2)33-15)19-7-5-18(6-8-19)29-24-28-11-21(25)22(30-24)32-14-17-3-9-20(10-4-17)34-23(26)27/h5-8,11,15-17,20,23H,3-4,9-10,12-14H2,1-2H3,(H,28,29,30)/t15-,16+,17-,20-. The van der Waals surface area contributed by atoms with Crippen LogP contribution in [0.15, 0.2) is 30.5 Å². The first-order valence-corrected chi connectivity index (χ1v) is 11.7. The maximum atomic E-state index is 14.2. The number of aromatic nitrogens is 2. The summed E-state index contributed by atoms with van der Waals surface area (Å²) < 4.78 is 54.9. The molecule has 1 aromatic heterocycles. The zero-order chi connectivity index (χ0) is 24.1. The van der Waals surface area contributed by atoms with Gasteiger partial charge < -0.3 is 24.4 Å². The number of rotatable bonds is 8. The van der Waals surface area contributed by atoms with Gasteiger partial charge in [-0.2, -0.15) is 18.2 Å². The SMILES string of the molecule is C[C@@H]1CN(c2ccc(Nc3ncc(F)c(OC[C@H]4CC[C@H](OC(F)F)CC4)n3)cc2)C[C@H](C)O1. The number of morpholine rings is 1. The highest BCUT2D eigenvalue weighted by Gasteiger charge is 2.25. The van der Waals surface area contributed by atoms with Crippen molar-refractivity contribution in [2.75, 3.05) is 29.9 Å². The number of alkyl halides is 2. The summed E-state index contributed by atoms with van der Waals surface area (Å²) >= 11 is 0. The Bertz CT molecular complexity index is 916. The number of nitrogens with one attached hydrogen (secondary N) is 1. The van der Waals surface area contributed by atoms with E-state index in [1.807, 2.05) is 24.3 Å². The van der Waals surface area contributed by atoms with Crippen LogP contribution in [-0.4, -0.2) is 54.6 Å². The van der Waals surface area contributed by atoms with E-state index in [4.69, 9.17) is 9.47 Å². The monoisotopic (exact) mass is 480 g/mol. The first-order valence-electron chi connectivity index (χ1n) is 11.7. The lowest BCUT2D eigenvalue weighted by molar-refractivity contribution is -0.171. The van der Waals surface area contributed by atoms with Crippen molar-refractivity contribution in [3.8, 4) is 5.88 Å². The summed E-state index contributed by atoms with van der Waals surface area (Å²) in [5, 5.41) is 3.08. The molecular weight excluding hydrogens is 449 g/mol. The van der Waals surface area contributed by atoms with E-state index >= 15 is 0 Å². The number of hydrogen-bond donors (Lipinski definition) is 1. The highest BCUT2D eigenvalue weighted by Crippen LogP contribution is 2.29. The average Bonchev–Trinajstić information content (AvgIpc) is 2.80. The lowest BCUT2D eigenvalue weighted by Crippen LogP contribution is -2.45. The summed E-state index contributed by atoms with van der Waals surface area (Å²) in [6, 6.07) is 7.88. The van der Waals surface area contributed by atoms with Gasteiger partial charge in [0.1, 0.15) is 0 Å². The molecular formula is C24H31F3N4O3. The van der Waals surface area contributed by atoms with Crippen LogP contribution in [0, 0.1) is 11.7 Å². The van der Waals surface area contributed by atoms with Crippen molar-refractivity contribution in [3.63, 3.8) is 0 Å². The topological polar surface area (TPSA) is 68.7 Å². The van der Waals surface area contributed by atoms with Crippen molar-refractivity contribution in [3.05, 3.63) is 36.3 Å². The van der Waals surface area contributed by atoms with Crippen molar-refractivity contribution in [1.82, 2.24) is 9.97 Å². The molecule has 1 saturated heterocycles. The molecule has 2 aliphatic rings. The van der Waals surface area contributed by atoms with Crippen molar-refractivity contribution in [2.24, 2.45) is 5.92 Å². The van der Waals surface area contributed by atoms with Crippen LogP contribution in [0.1, 0.15) is 39.5 Å². The highest BCUT2D eigenvalue weighted by molar-refractivity contribution is 5.59. The average molecular weight is 481 g/mol. The number of nitrogens with zero attached hydrogens (tertiary/aromatic N) is 3. The molecule has 34 heavy (non-hydrogen) atoms. The minimum absolute atomic E-state index is 0.128. The van der Waals surface area contributed by atoms with Crippen LogP contribution >= 0.6 is 0 Å². The van der Waals surface area contributed by atoms with Crippen molar-refractivity contribution < 1.29 is 27.4 Å². The van der Waals surface area contributed by atoms with E-state index in [0.717, 1.165) is 30.7 Å². The lowest BCUT2D eigenvalue weighted by Gasteiger charge is -2.36. The van der Waals surface area contributed by atoms with Crippen LogP contribution < -0.4 is 15.0 Å². The number of halogens is 3. The molecule has 0 amide bonds. The third kappa shape index (κ3) is 6.73. The predicted octanol–water partition coefficient (Wildman–Crippen LogP) is 5.15. The predicted molar refractivity (Wildman–Crippen MR) is 122 cm³/mol. The van der Waals surface area contributed by atoms with Crippen LogP contribution in [0.3, 0.4) is 0 Å². The van der Waals surface area contributed by atoms with Gasteiger partial charge in [0.05, 0.1) is 31.1 Å². The Morgan fingerprint density at radius 2 is 1.76 bits per heavy atom. The summed E-state index contributed by atoms with van der Waals surface area (Å²) in [7, 11) is 0. The van der Waals surface area contributed by atoms with Gasteiger partial charge in [0.2, 0.25) is 11.8 Å². The van der Waals surface area contributed by atoms with E-state index in [1.54, 1.807) is 0 Å². The van der Waals surface area contributed by atoms with E-state index in [9.17, 15) is 13.2 Å². The minimum Gasteiger partial charge on any atom is -0.475 e. The Labute approximate surface area is 197 Å². The van der Waals surface area contributed by atoms with Crippen LogP contribution in [0.25, 0.3) is 0 Å². The van der Waals surface area contributed by atoms with E-state index in [0.29, 0.717) is 25.7 Å². The van der Waals surface area contributed by atoms with Crippen molar-refractivity contribution in [1.29, 1.82) is 0 Å². The number of hydrogen-bond acceptors (Lipinski definition) is 7. The molecule has 2 fully saturated rings. The third-order valence-corrected chi connectivity index (χ3v) is 6.16. The van der Waals surface area contributed by atoms with Gasteiger partial charge in [0.15, 0.2) is 0 Å². The van der Waals surface area contributed by atoms with E-state index in [-0.39, 0.29) is 36.6 Å². The van der Waals surface area contributed by atoms with Gasteiger partial charge >= 0.3 is 6.61 Å². The summed E-state index contributed by atoms with van der Waals surface area (Å²) in [5.41, 5.74) is 1.87. The second kappa shape index (κ2) is 11.2. The molecule has 0 spiro atoms. The third-order valence-electron chi connectivity index (χ3n) is 6.16. The zero-order valence-electron chi connectivity index (χ0n) is 19.4. The van der Waals surface area contributed by atoms with E-state index in [2.05, 4.69) is 38.8 Å². The van der Waals surface area contributed by atoms with Gasteiger partial charge in [-0.25, -0.2) is 4.98 Å². The highest BCUT2D eigenvalue weighted by atomic mass is 19.3. The Kier molecular flexibility index (Phi) is 8.10. The quantitative estimate of drug-likeness (QED) is 0.560. The van der Waals surface area contributed by atoms with E-state index in [1.165, 1.54) is 0 Å². The van der Waals surface area contributed by atoms with Gasteiger partial charge in [0.25, 0.3) is 5.88 Å². The Morgan fingerprint density at radius 1 is 1.09 bits per heavy atom. The summed E-state index contributed by atoms with van der Waals surface area (Å²) in [6.45, 7) is 3.31. The minimum atomic E-state index is -2.75. The fraction of sp³-hybridized carbons (Fsp3) is 0.583. The zero-order valence-corrected chi connectivity index (χ0v) is 19.4. The maximum absolute atomic E-state index is 14.2. The second-order valence-electron chi connectivity index (χ2n) is 9.03. The molecule has 186 valence electrons. The molecule has 7 nitrogen and oxygen atoms in total. The molecule has 1 aliphatic carbocycles. The molecule has 4 rings (SSSR count). The molecule has 1 N–H and O–H groups in total. The number of benzene rings is 1. The molecule has 1 aliphatic heterocycles. The van der Waals surface area contributed by atoms with Gasteiger partial charge in [-0.3, -0.25) is 0 Å². The molecule has 0 radical (unpaired) electrons. The largest absolute Gasteiger partial charge is 0.475 e. The Balaban J connectivity index is 1.31. The van der Waals surface area contributed by atoms with Crippen LogP contribution in [0.5, 0.6) is 5.88 Å². The fourth-order valence-corrected chi connectivity index (χ4v) is 4.56. The van der Waals surface area contributed by atoms with Gasteiger partial charge in [0, 0.05) is 24.5 Å². The summed E-state index contributed by atoms with van der Waals surface area (Å²) in [5.74, 6) is -0.407. The molecule has 10 heteroatoms. The molecule has 2 heterocycles. The molecule has 2 atom stereocenters. The lowest BCUT2D eigenvalue weighted by atomic mass is 9.88. The van der Waals surface area contributed by atoms with E-state index < -0.39 is 18.5 Å². The summed E-state index contributed by atoms with van der Waals surface area (Å²) in [4.78, 5) is 10.5. The van der Waals surface area contributed by atoms with Crippen molar-refractivity contribution in [2.45, 2.75) is 64.5 Å². The molecule has 2 aromatic rings.